The summed E-state index contributed by atoms with van der Waals surface area (Å²) in [5.74, 6) is 0.212. The van der Waals surface area contributed by atoms with Gasteiger partial charge in [0.05, 0.1) is 17.3 Å². The van der Waals surface area contributed by atoms with Crippen LogP contribution < -0.4 is 10.5 Å². The zero-order valence-electron chi connectivity index (χ0n) is 8.96. The Balaban J connectivity index is 2.26. The number of H-pyrrole nitrogens is 1. The Kier molecular flexibility index (Phi) is 3.45. The highest BCUT2D eigenvalue weighted by atomic mass is 35.5. The first kappa shape index (κ1) is 12.7. The average molecular weight is 289 g/mol. The monoisotopic (exact) mass is 288 g/mol. The van der Waals surface area contributed by atoms with E-state index in [1.54, 1.807) is 6.07 Å². The van der Waals surface area contributed by atoms with Gasteiger partial charge in [0.25, 0.3) is 0 Å². The van der Waals surface area contributed by atoms with Crippen molar-refractivity contribution in [2.75, 3.05) is 5.73 Å². The lowest BCUT2D eigenvalue weighted by Gasteiger charge is -2.09. The second-order valence-electron chi connectivity index (χ2n) is 3.31. The van der Waals surface area contributed by atoms with Crippen LogP contribution in [0.1, 0.15) is 5.82 Å². The maximum atomic E-state index is 12.0. The van der Waals surface area contributed by atoms with Crippen molar-refractivity contribution in [3.8, 4) is 0 Å². The number of aromatic amines is 1. The Bertz CT molecular complexity index is 621. The largest absolute Gasteiger partial charge is 0.398 e. The molecule has 4 N–H and O–H groups in total. The smallest absolute Gasteiger partial charge is 0.244 e. The topological polar surface area (TPSA) is 127 Å². The molecule has 0 saturated carbocycles. The zero-order valence-corrected chi connectivity index (χ0v) is 10.5. The first-order valence-corrected chi connectivity index (χ1v) is 6.63. The summed E-state index contributed by atoms with van der Waals surface area (Å²) in [5.41, 5.74) is 5.68. The molecule has 0 bridgehead atoms. The van der Waals surface area contributed by atoms with Crippen molar-refractivity contribution < 1.29 is 8.42 Å². The van der Waals surface area contributed by atoms with Crippen LogP contribution >= 0.6 is 11.6 Å². The lowest BCUT2D eigenvalue weighted by atomic mass is 10.3. The third-order valence-corrected chi connectivity index (χ3v) is 4.02. The maximum Gasteiger partial charge on any atom is 0.244 e. The molecule has 2 aromatic rings. The van der Waals surface area contributed by atoms with E-state index in [1.165, 1.54) is 12.1 Å². The summed E-state index contributed by atoms with van der Waals surface area (Å²) in [6.07, 6.45) is 0. The summed E-state index contributed by atoms with van der Waals surface area (Å²) in [6, 6.07) is 4.46. The Morgan fingerprint density at radius 2 is 2.22 bits per heavy atom. The molecule has 0 aliphatic rings. The van der Waals surface area contributed by atoms with Gasteiger partial charge in [-0.1, -0.05) is 22.9 Å². The predicted molar refractivity (Wildman–Crippen MR) is 64.1 cm³/mol. The van der Waals surface area contributed by atoms with Gasteiger partial charge in [-0.05, 0) is 12.1 Å². The van der Waals surface area contributed by atoms with E-state index in [2.05, 4.69) is 25.3 Å². The van der Waals surface area contributed by atoms with E-state index in [4.69, 9.17) is 17.3 Å². The molecule has 1 heterocycles. The number of nitrogens with zero attached hydrogens (tertiary/aromatic N) is 3. The van der Waals surface area contributed by atoms with Crippen LogP contribution in [0.4, 0.5) is 5.69 Å². The third-order valence-electron chi connectivity index (χ3n) is 2.08. The minimum atomic E-state index is -3.83. The molecule has 0 aliphatic carbocycles. The standard InChI is InChI=1S/C8H9ClN6O2S/c9-5-2-1-3-6(10)8(5)18(16,17)11-4-7-12-14-15-13-7/h1-3,11H,4,10H2,(H,12,13,14,15). The molecule has 0 spiro atoms. The van der Waals surface area contributed by atoms with Gasteiger partial charge in [0.2, 0.25) is 10.0 Å². The van der Waals surface area contributed by atoms with Gasteiger partial charge in [-0.3, -0.25) is 0 Å². The first-order valence-electron chi connectivity index (χ1n) is 4.76. The lowest BCUT2D eigenvalue weighted by molar-refractivity contribution is 0.580. The molecule has 0 radical (unpaired) electrons. The molecule has 0 fully saturated rings. The molecule has 8 nitrogen and oxygen atoms in total. The highest BCUT2D eigenvalue weighted by Gasteiger charge is 2.21. The number of rotatable bonds is 4. The fraction of sp³-hybridized carbons (Fsp3) is 0.125. The van der Waals surface area contributed by atoms with E-state index in [0.29, 0.717) is 0 Å². The van der Waals surface area contributed by atoms with Crippen molar-refractivity contribution in [1.82, 2.24) is 25.3 Å². The Morgan fingerprint density at radius 3 is 2.83 bits per heavy atom. The predicted octanol–water partition coefficient (Wildman–Crippen LogP) is -0.0862. The molecule has 18 heavy (non-hydrogen) atoms. The van der Waals surface area contributed by atoms with Gasteiger partial charge < -0.3 is 5.73 Å². The second kappa shape index (κ2) is 4.88. The van der Waals surface area contributed by atoms with Crippen LogP contribution in [0.2, 0.25) is 5.02 Å². The Hall–Kier alpha value is -1.71. The van der Waals surface area contributed by atoms with Crippen LogP contribution in [0.25, 0.3) is 0 Å². The molecule has 96 valence electrons. The number of nitrogen functional groups attached to an aromatic ring is 1. The number of anilines is 1. The van der Waals surface area contributed by atoms with E-state index in [0.717, 1.165) is 0 Å². The van der Waals surface area contributed by atoms with E-state index in [1.807, 2.05) is 0 Å². The number of halogens is 1. The minimum absolute atomic E-state index is 0.0515. The molecule has 0 aliphatic heterocycles. The summed E-state index contributed by atoms with van der Waals surface area (Å²) < 4.78 is 26.3. The zero-order chi connectivity index (χ0) is 13.2. The van der Waals surface area contributed by atoms with Crippen LogP contribution in [-0.2, 0) is 16.6 Å². The number of nitrogens with two attached hydrogens (primary N) is 1. The van der Waals surface area contributed by atoms with E-state index in [-0.39, 0.29) is 28.0 Å². The number of hydrogen-bond acceptors (Lipinski definition) is 6. The highest BCUT2D eigenvalue weighted by Crippen LogP contribution is 2.26. The Morgan fingerprint density at radius 1 is 1.44 bits per heavy atom. The SMILES string of the molecule is Nc1cccc(Cl)c1S(=O)(=O)NCc1nn[nH]n1. The van der Waals surface area contributed by atoms with E-state index in [9.17, 15) is 8.42 Å². The summed E-state index contributed by atoms with van der Waals surface area (Å²) in [5, 5.41) is 12.8. The number of benzene rings is 1. The van der Waals surface area contributed by atoms with Crippen molar-refractivity contribution in [1.29, 1.82) is 0 Å². The highest BCUT2D eigenvalue weighted by molar-refractivity contribution is 7.89. The van der Waals surface area contributed by atoms with Crippen LogP contribution in [0, 0.1) is 0 Å². The summed E-state index contributed by atoms with van der Waals surface area (Å²) in [6.45, 7) is -0.108. The molecule has 2 rings (SSSR count). The van der Waals surface area contributed by atoms with E-state index < -0.39 is 10.0 Å². The summed E-state index contributed by atoms with van der Waals surface area (Å²) in [7, 11) is -3.83. The van der Waals surface area contributed by atoms with Gasteiger partial charge in [0.1, 0.15) is 4.90 Å². The van der Waals surface area contributed by atoms with Crippen molar-refractivity contribution >= 4 is 27.3 Å². The van der Waals surface area contributed by atoms with Crippen molar-refractivity contribution in [2.45, 2.75) is 11.4 Å². The van der Waals surface area contributed by atoms with Gasteiger partial charge in [-0.15, -0.1) is 10.2 Å². The Labute approximate surface area is 108 Å². The van der Waals surface area contributed by atoms with Gasteiger partial charge in [-0.25, -0.2) is 13.1 Å². The van der Waals surface area contributed by atoms with Crippen LogP contribution in [0.5, 0.6) is 0 Å². The van der Waals surface area contributed by atoms with Crippen molar-refractivity contribution in [2.24, 2.45) is 0 Å². The maximum absolute atomic E-state index is 12.0. The molecule has 0 saturated heterocycles. The fourth-order valence-corrected chi connectivity index (χ4v) is 2.95. The number of hydrogen-bond donors (Lipinski definition) is 3. The first-order chi connectivity index (χ1) is 8.50. The van der Waals surface area contributed by atoms with Crippen molar-refractivity contribution in [3.05, 3.63) is 29.0 Å². The molecular weight excluding hydrogens is 280 g/mol. The minimum Gasteiger partial charge on any atom is -0.398 e. The number of tetrazole rings is 1. The van der Waals surface area contributed by atoms with Crippen LogP contribution in [-0.4, -0.2) is 29.0 Å². The van der Waals surface area contributed by atoms with Crippen LogP contribution in [0.15, 0.2) is 23.1 Å². The molecule has 0 unspecified atom stereocenters. The van der Waals surface area contributed by atoms with Gasteiger partial charge >= 0.3 is 0 Å². The quantitative estimate of drug-likeness (QED) is 0.675. The summed E-state index contributed by atoms with van der Waals surface area (Å²) >= 11 is 5.83. The number of nitrogens with one attached hydrogen (secondary N) is 2. The van der Waals surface area contributed by atoms with Crippen molar-refractivity contribution in [3.63, 3.8) is 0 Å². The number of sulfonamides is 1. The molecule has 0 atom stereocenters. The molecule has 0 amide bonds. The number of aromatic nitrogens is 4. The lowest BCUT2D eigenvalue weighted by Crippen LogP contribution is -2.25. The second-order valence-corrected chi connectivity index (χ2v) is 5.42. The molecule has 1 aromatic carbocycles. The molecule has 10 heteroatoms. The van der Waals surface area contributed by atoms with E-state index >= 15 is 0 Å². The normalized spacial score (nSPS) is 11.6. The average Bonchev–Trinajstić information content (AvgIpc) is 2.78. The summed E-state index contributed by atoms with van der Waals surface area (Å²) in [4.78, 5) is -0.157. The van der Waals surface area contributed by atoms with Gasteiger partial charge in [0.15, 0.2) is 5.82 Å². The third kappa shape index (κ3) is 2.58. The molecular formula is C8H9ClN6O2S. The van der Waals surface area contributed by atoms with Gasteiger partial charge in [0, 0.05) is 0 Å². The van der Waals surface area contributed by atoms with Gasteiger partial charge in [-0.2, -0.15) is 5.21 Å². The molecule has 1 aromatic heterocycles. The fourth-order valence-electron chi connectivity index (χ4n) is 1.30. The van der Waals surface area contributed by atoms with Crippen LogP contribution in [0.3, 0.4) is 0 Å².